The Balaban J connectivity index is 1.81. The van der Waals surface area contributed by atoms with Gasteiger partial charge in [-0.2, -0.15) is 0 Å². The molecule has 0 aromatic heterocycles. The number of benzene rings is 2. The highest BCUT2D eigenvalue weighted by Gasteiger charge is 2.54. The SMILES string of the molecule is O=C1N(c2ccc(Br)cc2)C2CS(=O)(=O)CC2N1c1ccc(Cl)c(Cl)c1. The standard InChI is InChI=1S/C17H13BrCl2N2O3S/c18-10-1-3-11(4-2-10)21-15-8-26(24,25)9-16(15)22(17(21)23)12-5-6-13(19)14(20)7-12/h1-7,15-16H,8-9H2. The molecule has 5 nitrogen and oxygen atoms in total. The highest BCUT2D eigenvalue weighted by molar-refractivity contribution is 9.10. The molecule has 4 rings (SSSR count). The number of hydrogen-bond donors (Lipinski definition) is 0. The normalized spacial score (nSPS) is 24.2. The molecule has 2 unspecified atom stereocenters. The van der Waals surface area contributed by atoms with Crippen molar-refractivity contribution in [2.45, 2.75) is 12.1 Å². The molecule has 2 atom stereocenters. The largest absolute Gasteiger partial charge is 0.329 e. The molecule has 0 N–H and O–H groups in total. The Kier molecular flexibility index (Phi) is 4.46. The Bertz CT molecular complexity index is 998. The van der Waals surface area contributed by atoms with Crippen molar-refractivity contribution >= 4 is 66.4 Å². The van der Waals surface area contributed by atoms with Crippen molar-refractivity contribution < 1.29 is 13.2 Å². The maximum absolute atomic E-state index is 13.2. The van der Waals surface area contributed by atoms with E-state index < -0.39 is 21.9 Å². The van der Waals surface area contributed by atoms with Crippen molar-refractivity contribution in [2.75, 3.05) is 21.3 Å². The van der Waals surface area contributed by atoms with E-state index in [0.717, 1.165) is 4.47 Å². The first kappa shape index (κ1) is 18.1. The summed E-state index contributed by atoms with van der Waals surface area (Å²) in [7, 11) is -3.24. The molecule has 2 aliphatic heterocycles. The van der Waals surface area contributed by atoms with Gasteiger partial charge in [-0.3, -0.25) is 9.80 Å². The van der Waals surface area contributed by atoms with Gasteiger partial charge < -0.3 is 0 Å². The van der Waals surface area contributed by atoms with Crippen LogP contribution in [-0.4, -0.2) is 38.0 Å². The van der Waals surface area contributed by atoms with Crippen LogP contribution in [-0.2, 0) is 9.84 Å². The molecular formula is C17H13BrCl2N2O3S. The molecular weight excluding hydrogens is 463 g/mol. The summed E-state index contributed by atoms with van der Waals surface area (Å²) < 4.78 is 25.4. The van der Waals surface area contributed by atoms with E-state index in [9.17, 15) is 13.2 Å². The van der Waals surface area contributed by atoms with E-state index in [1.54, 1.807) is 35.2 Å². The number of nitrogens with zero attached hydrogens (tertiary/aromatic N) is 2. The second kappa shape index (κ2) is 6.41. The smallest absolute Gasteiger partial charge is 0.288 e. The summed E-state index contributed by atoms with van der Waals surface area (Å²) >= 11 is 15.4. The van der Waals surface area contributed by atoms with Gasteiger partial charge in [0.25, 0.3) is 0 Å². The number of rotatable bonds is 2. The Hall–Kier alpha value is -1.28. The number of carbonyl (C=O) groups excluding carboxylic acids is 1. The first-order valence-electron chi connectivity index (χ1n) is 7.80. The van der Waals surface area contributed by atoms with Crippen LogP contribution in [0.3, 0.4) is 0 Å². The van der Waals surface area contributed by atoms with Gasteiger partial charge >= 0.3 is 6.03 Å². The second-order valence-corrected chi connectivity index (χ2v) is 10.2. The summed E-state index contributed by atoms with van der Waals surface area (Å²) in [4.78, 5) is 16.3. The first-order chi connectivity index (χ1) is 12.3. The molecule has 2 aromatic rings. The third kappa shape index (κ3) is 3.01. The fourth-order valence-corrected chi connectivity index (χ4v) is 6.02. The number of anilines is 2. The monoisotopic (exact) mass is 474 g/mol. The van der Waals surface area contributed by atoms with Crippen LogP contribution < -0.4 is 9.80 Å². The van der Waals surface area contributed by atoms with E-state index in [0.29, 0.717) is 21.4 Å². The average Bonchev–Trinajstić information content (AvgIpc) is 3.00. The van der Waals surface area contributed by atoms with E-state index in [-0.39, 0.29) is 17.5 Å². The van der Waals surface area contributed by atoms with Crippen molar-refractivity contribution in [1.82, 2.24) is 0 Å². The maximum Gasteiger partial charge on any atom is 0.329 e. The van der Waals surface area contributed by atoms with Gasteiger partial charge in [0, 0.05) is 15.8 Å². The van der Waals surface area contributed by atoms with E-state index in [1.165, 1.54) is 4.90 Å². The predicted molar refractivity (Wildman–Crippen MR) is 107 cm³/mol. The van der Waals surface area contributed by atoms with Crippen molar-refractivity contribution in [3.05, 3.63) is 57.0 Å². The van der Waals surface area contributed by atoms with Crippen LogP contribution in [0.2, 0.25) is 10.0 Å². The molecule has 0 radical (unpaired) electrons. The number of hydrogen-bond acceptors (Lipinski definition) is 3. The van der Waals surface area contributed by atoms with Crippen LogP contribution in [0.15, 0.2) is 46.9 Å². The number of halogens is 3. The summed E-state index contributed by atoms with van der Waals surface area (Å²) in [5.74, 6) is -0.131. The van der Waals surface area contributed by atoms with Crippen molar-refractivity contribution in [1.29, 1.82) is 0 Å². The lowest BCUT2D eigenvalue weighted by atomic mass is 10.1. The molecule has 9 heteroatoms. The topological polar surface area (TPSA) is 57.7 Å². The summed E-state index contributed by atoms with van der Waals surface area (Å²) in [5, 5.41) is 0.693. The zero-order chi connectivity index (χ0) is 18.6. The van der Waals surface area contributed by atoms with E-state index in [4.69, 9.17) is 23.2 Å². The second-order valence-electron chi connectivity index (χ2n) is 6.31. The number of sulfone groups is 1. The van der Waals surface area contributed by atoms with Gasteiger partial charge in [0.2, 0.25) is 0 Å². The minimum Gasteiger partial charge on any atom is -0.288 e. The molecule has 26 heavy (non-hydrogen) atoms. The number of carbonyl (C=O) groups is 1. The van der Waals surface area contributed by atoms with Crippen LogP contribution >= 0.6 is 39.1 Å². The average molecular weight is 476 g/mol. The van der Waals surface area contributed by atoms with Gasteiger partial charge in [-0.1, -0.05) is 39.1 Å². The van der Waals surface area contributed by atoms with Crippen molar-refractivity contribution in [3.8, 4) is 0 Å². The lowest BCUT2D eigenvalue weighted by molar-refractivity contribution is 0.255. The van der Waals surface area contributed by atoms with Gasteiger partial charge in [0.05, 0.1) is 33.6 Å². The number of amides is 2. The lowest BCUT2D eigenvalue weighted by Gasteiger charge is -2.23. The zero-order valence-corrected chi connectivity index (χ0v) is 17.2. The van der Waals surface area contributed by atoms with Crippen molar-refractivity contribution in [2.24, 2.45) is 0 Å². The molecule has 2 fully saturated rings. The fourth-order valence-electron chi connectivity index (χ4n) is 3.54. The van der Waals surface area contributed by atoms with Gasteiger partial charge in [0.1, 0.15) is 0 Å². The number of fused-ring (bicyclic) bond motifs is 1. The molecule has 2 saturated heterocycles. The Morgan fingerprint density at radius 3 is 2.00 bits per heavy atom. The third-order valence-corrected chi connectivity index (χ3v) is 7.62. The third-order valence-electron chi connectivity index (χ3n) is 4.66. The molecule has 0 saturated carbocycles. The summed E-state index contributed by atoms with van der Waals surface area (Å²) in [6, 6.07) is 10.9. The summed E-state index contributed by atoms with van der Waals surface area (Å²) in [6.45, 7) is 0. The van der Waals surface area contributed by atoms with E-state index in [1.807, 2.05) is 12.1 Å². The van der Waals surface area contributed by atoms with Crippen molar-refractivity contribution in [3.63, 3.8) is 0 Å². The first-order valence-corrected chi connectivity index (χ1v) is 11.2. The van der Waals surface area contributed by atoms with Crippen LogP contribution in [0.5, 0.6) is 0 Å². The fraction of sp³-hybridized carbons (Fsp3) is 0.235. The zero-order valence-electron chi connectivity index (χ0n) is 13.3. The Labute approximate surface area is 169 Å². The Morgan fingerprint density at radius 1 is 0.885 bits per heavy atom. The lowest BCUT2D eigenvalue weighted by Crippen LogP contribution is -2.37. The predicted octanol–water partition coefficient (Wildman–Crippen LogP) is 4.37. The van der Waals surface area contributed by atoms with Crippen LogP contribution in [0, 0.1) is 0 Å². The molecule has 2 aromatic carbocycles. The molecule has 2 amide bonds. The highest BCUT2D eigenvalue weighted by atomic mass is 79.9. The van der Waals surface area contributed by atoms with Gasteiger partial charge in [-0.15, -0.1) is 0 Å². The maximum atomic E-state index is 13.2. The minimum atomic E-state index is -3.24. The van der Waals surface area contributed by atoms with Gasteiger partial charge in [-0.25, -0.2) is 13.2 Å². The molecule has 2 heterocycles. The quantitative estimate of drug-likeness (QED) is 0.606. The summed E-state index contributed by atoms with van der Waals surface area (Å²) in [5.41, 5.74) is 1.20. The van der Waals surface area contributed by atoms with Crippen LogP contribution in [0.4, 0.5) is 16.2 Å². The van der Waals surface area contributed by atoms with Gasteiger partial charge in [-0.05, 0) is 42.5 Å². The summed E-state index contributed by atoms with van der Waals surface area (Å²) in [6.07, 6.45) is 0. The Morgan fingerprint density at radius 2 is 1.42 bits per heavy atom. The molecule has 0 aliphatic carbocycles. The molecule has 2 aliphatic rings. The molecule has 0 spiro atoms. The van der Waals surface area contributed by atoms with E-state index in [2.05, 4.69) is 15.9 Å². The van der Waals surface area contributed by atoms with Crippen LogP contribution in [0.25, 0.3) is 0 Å². The van der Waals surface area contributed by atoms with Gasteiger partial charge in [0.15, 0.2) is 9.84 Å². The minimum absolute atomic E-state index is 0.0582. The molecule has 0 bridgehead atoms. The number of urea groups is 1. The van der Waals surface area contributed by atoms with E-state index >= 15 is 0 Å². The molecule has 136 valence electrons. The van der Waals surface area contributed by atoms with Crippen LogP contribution in [0.1, 0.15) is 0 Å². The highest BCUT2D eigenvalue weighted by Crippen LogP contribution is 2.39.